The van der Waals surface area contributed by atoms with Gasteiger partial charge in [0.2, 0.25) is 0 Å². The third kappa shape index (κ3) is 5.38. The van der Waals surface area contributed by atoms with E-state index in [-0.39, 0.29) is 6.61 Å². The third-order valence-corrected chi connectivity index (χ3v) is 3.35. The quantitative estimate of drug-likeness (QED) is 0.737. The van der Waals surface area contributed by atoms with E-state index in [9.17, 15) is 0 Å². The van der Waals surface area contributed by atoms with Gasteiger partial charge in [0.15, 0.2) is 0 Å². The van der Waals surface area contributed by atoms with E-state index in [2.05, 4.69) is 17.4 Å². The summed E-state index contributed by atoms with van der Waals surface area (Å²) in [7, 11) is 0. The first-order chi connectivity index (χ1) is 10.3. The number of nitrogens with one attached hydrogen (secondary N) is 1. The predicted octanol–water partition coefficient (Wildman–Crippen LogP) is 3.04. The average Bonchev–Trinajstić information content (AvgIpc) is 2.51. The highest BCUT2D eigenvalue weighted by atomic mass is 35.5. The Labute approximate surface area is 130 Å². The first kappa shape index (κ1) is 15.8. The van der Waals surface area contributed by atoms with Gasteiger partial charge in [-0.2, -0.15) is 0 Å². The van der Waals surface area contributed by atoms with Gasteiger partial charge in [-0.15, -0.1) is 0 Å². The van der Waals surface area contributed by atoms with Crippen LogP contribution in [-0.2, 0) is 13.0 Å². The maximum atomic E-state index is 8.82. The summed E-state index contributed by atoms with van der Waals surface area (Å²) in [5, 5.41) is 12.6. The summed E-state index contributed by atoms with van der Waals surface area (Å²) >= 11 is 6.03. The molecule has 0 atom stereocenters. The molecule has 0 aliphatic rings. The molecule has 0 heterocycles. The molecule has 112 valence electrons. The maximum Gasteiger partial charge on any atom is 0.123 e. The minimum Gasteiger partial charge on any atom is -0.493 e. The molecule has 0 spiro atoms. The molecule has 2 aromatic carbocycles. The zero-order valence-electron chi connectivity index (χ0n) is 11.9. The fourth-order valence-corrected chi connectivity index (χ4v) is 2.25. The Morgan fingerprint density at radius 1 is 1.10 bits per heavy atom. The van der Waals surface area contributed by atoms with E-state index in [0.717, 1.165) is 17.7 Å². The topological polar surface area (TPSA) is 41.5 Å². The molecule has 0 aliphatic carbocycles. The molecular weight excluding hydrogens is 286 g/mol. The number of halogens is 1. The molecule has 21 heavy (non-hydrogen) atoms. The summed E-state index contributed by atoms with van der Waals surface area (Å²) < 4.78 is 5.87. The van der Waals surface area contributed by atoms with Gasteiger partial charge in [-0.05, 0) is 23.8 Å². The second-order valence-corrected chi connectivity index (χ2v) is 5.17. The van der Waals surface area contributed by atoms with Crippen molar-refractivity contribution in [3.63, 3.8) is 0 Å². The number of benzene rings is 2. The highest BCUT2D eigenvalue weighted by molar-refractivity contribution is 6.30. The SMILES string of the molecule is OCCNCc1cc(Cl)ccc1OCCc1ccccc1. The second-order valence-electron chi connectivity index (χ2n) is 4.74. The van der Waals surface area contributed by atoms with Crippen LogP contribution < -0.4 is 10.1 Å². The third-order valence-electron chi connectivity index (χ3n) is 3.12. The maximum absolute atomic E-state index is 8.82. The number of ether oxygens (including phenoxy) is 1. The van der Waals surface area contributed by atoms with Gasteiger partial charge in [-0.1, -0.05) is 41.9 Å². The highest BCUT2D eigenvalue weighted by Crippen LogP contribution is 2.23. The first-order valence-electron chi connectivity index (χ1n) is 7.06. The Hall–Kier alpha value is -1.55. The standard InChI is InChI=1S/C17H20ClNO2/c18-16-6-7-17(15(12-16)13-19-9-10-20)21-11-8-14-4-2-1-3-5-14/h1-7,12,19-20H,8-11,13H2. The fourth-order valence-electron chi connectivity index (χ4n) is 2.05. The molecule has 4 heteroatoms. The van der Waals surface area contributed by atoms with Crippen molar-refractivity contribution in [2.24, 2.45) is 0 Å². The van der Waals surface area contributed by atoms with Crippen LogP contribution in [0.5, 0.6) is 5.75 Å². The van der Waals surface area contributed by atoms with E-state index in [1.807, 2.05) is 36.4 Å². The van der Waals surface area contributed by atoms with Crippen molar-refractivity contribution in [1.82, 2.24) is 5.32 Å². The lowest BCUT2D eigenvalue weighted by atomic mass is 10.1. The van der Waals surface area contributed by atoms with E-state index in [0.29, 0.717) is 24.7 Å². The van der Waals surface area contributed by atoms with Crippen LogP contribution in [-0.4, -0.2) is 24.9 Å². The van der Waals surface area contributed by atoms with Gasteiger partial charge in [-0.25, -0.2) is 0 Å². The van der Waals surface area contributed by atoms with Gasteiger partial charge in [0, 0.05) is 30.1 Å². The smallest absolute Gasteiger partial charge is 0.123 e. The molecule has 2 rings (SSSR count). The van der Waals surface area contributed by atoms with Crippen LogP contribution in [0.1, 0.15) is 11.1 Å². The van der Waals surface area contributed by atoms with E-state index < -0.39 is 0 Å². The average molecular weight is 306 g/mol. The summed E-state index contributed by atoms with van der Waals surface area (Å²) in [4.78, 5) is 0. The van der Waals surface area contributed by atoms with Gasteiger partial charge >= 0.3 is 0 Å². The lowest BCUT2D eigenvalue weighted by Crippen LogP contribution is -2.18. The lowest BCUT2D eigenvalue weighted by Gasteiger charge is -2.12. The number of hydrogen-bond donors (Lipinski definition) is 2. The Bertz CT molecular complexity index is 546. The van der Waals surface area contributed by atoms with Crippen molar-refractivity contribution >= 4 is 11.6 Å². The van der Waals surface area contributed by atoms with E-state index >= 15 is 0 Å². The van der Waals surface area contributed by atoms with Crippen LogP contribution in [0.25, 0.3) is 0 Å². The molecule has 2 N–H and O–H groups in total. The van der Waals surface area contributed by atoms with Crippen molar-refractivity contribution in [1.29, 1.82) is 0 Å². The van der Waals surface area contributed by atoms with Crippen LogP contribution in [0.15, 0.2) is 48.5 Å². The summed E-state index contributed by atoms with van der Waals surface area (Å²) in [5.41, 5.74) is 2.26. The van der Waals surface area contributed by atoms with Gasteiger partial charge in [-0.3, -0.25) is 0 Å². The number of rotatable bonds is 8. The lowest BCUT2D eigenvalue weighted by molar-refractivity contribution is 0.290. The molecule has 0 amide bonds. The minimum atomic E-state index is 0.116. The molecular formula is C17H20ClNO2. The molecule has 0 bridgehead atoms. The van der Waals surface area contributed by atoms with Crippen LogP contribution in [0.2, 0.25) is 5.02 Å². The summed E-state index contributed by atoms with van der Waals surface area (Å²) in [5.74, 6) is 0.834. The van der Waals surface area contributed by atoms with Crippen LogP contribution in [0.4, 0.5) is 0 Å². The summed E-state index contributed by atoms with van der Waals surface area (Å²) in [6.07, 6.45) is 0.868. The predicted molar refractivity (Wildman–Crippen MR) is 85.9 cm³/mol. The van der Waals surface area contributed by atoms with Gasteiger partial charge in [0.25, 0.3) is 0 Å². The Balaban J connectivity index is 1.92. The molecule has 0 radical (unpaired) electrons. The normalized spacial score (nSPS) is 10.6. The van der Waals surface area contributed by atoms with Crippen LogP contribution in [0, 0.1) is 0 Å². The highest BCUT2D eigenvalue weighted by Gasteiger charge is 2.05. The molecule has 0 saturated carbocycles. The van der Waals surface area contributed by atoms with Gasteiger partial charge in [0.05, 0.1) is 13.2 Å². The zero-order valence-corrected chi connectivity index (χ0v) is 12.6. The largest absolute Gasteiger partial charge is 0.493 e. The molecule has 2 aromatic rings. The van der Waals surface area contributed by atoms with Crippen molar-refractivity contribution in [2.45, 2.75) is 13.0 Å². The zero-order chi connectivity index (χ0) is 14.9. The molecule has 3 nitrogen and oxygen atoms in total. The molecule has 0 unspecified atom stereocenters. The second kappa shape index (κ2) is 8.67. The molecule has 0 aromatic heterocycles. The van der Waals surface area contributed by atoms with Crippen LogP contribution >= 0.6 is 11.6 Å². The van der Waals surface area contributed by atoms with E-state index in [4.69, 9.17) is 21.4 Å². The molecule has 0 fully saturated rings. The Morgan fingerprint density at radius 3 is 2.67 bits per heavy atom. The van der Waals surface area contributed by atoms with Crippen molar-refractivity contribution < 1.29 is 9.84 Å². The first-order valence-corrected chi connectivity index (χ1v) is 7.44. The fraction of sp³-hybridized carbons (Fsp3) is 0.294. The molecule has 0 saturated heterocycles. The van der Waals surface area contributed by atoms with Gasteiger partial charge in [0.1, 0.15) is 5.75 Å². The minimum absolute atomic E-state index is 0.116. The Kier molecular flexibility index (Phi) is 6.54. The molecule has 0 aliphatic heterocycles. The van der Waals surface area contributed by atoms with Crippen LogP contribution in [0.3, 0.4) is 0 Å². The van der Waals surface area contributed by atoms with E-state index in [1.165, 1.54) is 5.56 Å². The van der Waals surface area contributed by atoms with E-state index in [1.54, 1.807) is 0 Å². The summed E-state index contributed by atoms with van der Waals surface area (Å²) in [6.45, 7) is 1.92. The van der Waals surface area contributed by atoms with Crippen molar-refractivity contribution in [2.75, 3.05) is 19.8 Å². The van der Waals surface area contributed by atoms with Gasteiger partial charge < -0.3 is 15.2 Å². The monoisotopic (exact) mass is 305 g/mol. The summed E-state index contributed by atoms with van der Waals surface area (Å²) in [6, 6.07) is 15.9. The Morgan fingerprint density at radius 2 is 1.90 bits per heavy atom. The number of aliphatic hydroxyl groups excluding tert-OH is 1. The number of aliphatic hydroxyl groups is 1. The number of hydrogen-bond acceptors (Lipinski definition) is 3. The van der Waals surface area contributed by atoms with Crippen molar-refractivity contribution in [3.05, 3.63) is 64.7 Å². The van der Waals surface area contributed by atoms with Crippen molar-refractivity contribution in [3.8, 4) is 5.75 Å².